The highest BCUT2D eigenvalue weighted by molar-refractivity contribution is 4.81. The van der Waals surface area contributed by atoms with Gasteiger partial charge in [0.05, 0.1) is 12.3 Å². The van der Waals surface area contributed by atoms with Gasteiger partial charge in [-0.25, -0.2) is 0 Å². The van der Waals surface area contributed by atoms with E-state index in [0.29, 0.717) is 6.17 Å². The predicted octanol–water partition coefficient (Wildman–Crippen LogP) is -0.382. The molecular weight excluding hydrogens is 128 g/mol. The van der Waals surface area contributed by atoms with Gasteiger partial charge in [0.2, 0.25) is 0 Å². The monoisotopic (exact) mass is 144 g/mol. The highest BCUT2D eigenvalue weighted by atomic mass is 16.3. The quantitative estimate of drug-likeness (QED) is 0.566. The SMILES string of the molecule is CCNC(C)N1CC(O)C1. The first kappa shape index (κ1) is 7.98. The number of β-amino-alcohol motifs (C(OH)–C–C–N with tert-alkyl or cyclic N) is 1. The summed E-state index contributed by atoms with van der Waals surface area (Å²) in [5.41, 5.74) is 0. The van der Waals surface area contributed by atoms with Gasteiger partial charge >= 0.3 is 0 Å². The van der Waals surface area contributed by atoms with Gasteiger partial charge in [-0.05, 0) is 13.5 Å². The van der Waals surface area contributed by atoms with Gasteiger partial charge < -0.3 is 10.4 Å². The van der Waals surface area contributed by atoms with Gasteiger partial charge in [-0.3, -0.25) is 4.90 Å². The maximum absolute atomic E-state index is 8.97. The summed E-state index contributed by atoms with van der Waals surface area (Å²) in [6, 6.07) is 0. The van der Waals surface area contributed by atoms with Crippen molar-refractivity contribution in [3.8, 4) is 0 Å². The van der Waals surface area contributed by atoms with Crippen LogP contribution in [0, 0.1) is 0 Å². The molecule has 1 heterocycles. The summed E-state index contributed by atoms with van der Waals surface area (Å²) >= 11 is 0. The highest BCUT2D eigenvalue weighted by Gasteiger charge is 2.27. The Bertz CT molecular complexity index is 99.0. The van der Waals surface area contributed by atoms with Gasteiger partial charge in [0, 0.05) is 13.1 Å². The molecule has 0 bridgehead atoms. The molecule has 1 aliphatic rings. The van der Waals surface area contributed by atoms with E-state index in [1.165, 1.54) is 0 Å². The Hall–Kier alpha value is -0.120. The van der Waals surface area contributed by atoms with Crippen LogP contribution in [0.4, 0.5) is 0 Å². The molecule has 60 valence electrons. The Labute approximate surface area is 62.0 Å². The van der Waals surface area contributed by atoms with E-state index in [1.54, 1.807) is 0 Å². The minimum Gasteiger partial charge on any atom is -0.390 e. The summed E-state index contributed by atoms with van der Waals surface area (Å²) < 4.78 is 0. The molecule has 3 heteroatoms. The molecular formula is C7H16N2O. The molecule has 0 saturated carbocycles. The topological polar surface area (TPSA) is 35.5 Å². The maximum atomic E-state index is 8.97. The van der Waals surface area contributed by atoms with Crippen LogP contribution in [0.25, 0.3) is 0 Å². The van der Waals surface area contributed by atoms with Crippen LogP contribution in [0.5, 0.6) is 0 Å². The van der Waals surface area contributed by atoms with Crippen LogP contribution in [0.15, 0.2) is 0 Å². The molecule has 0 aromatic rings. The molecule has 1 aliphatic heterocycles. The van der Waals surface area contributed by atoms with Crippen LogP contribution in [0.2, 0.25) is 0 Å². The van der Waals surface area contributed by atoms with Gasteiger partial charge in [-0.2, -0.15) is 0 Å². The Morgan fingerprint density at radius 1 is 1.70 bits per heavy atom. The molecule has 0 spiro atoms. The smallest absolute Gasteiger partial charge is 0.0795 e. The lowest BCUT2D eigenvalue weighted by atomic mass is 10.1. The second kappa shape index (κ2) is 3.32. The molecule has 1 rings (SSSR count). The second-order valence-electron chi connectivity index (χ2n) is 2.84. The second-order valence-corrected chi connectivity index (χ2v) is 2.84. The summed E-state index contributed by atoms with van der Waals surface area (Å²) in [6.07, 6.45) is 0.342. The molecule has 1 fully saturated rings. The number of hydrogen-bond acceptors (Lipinski definition) is 3. The highest BCUT2D eigenvalue weighted by Crippen LogP contribution is 2.09. The van der Waals surface area contributed by atoms with Crippen LogP contribution in [0.3, 0.4) is 0 Å². The average molecular weight is 144 g/mol. The molecule has 1 saturated heterocycles. The number of hydrogen-bond donors (Lipinski definition) is 2. The molecule has 1 unspecified atom stereocenters. The van der Waals surface area contributed by atoms with Gasteiger partial charge in [0.25, 0.3) is 0 Å². The fraction of sp³-hybridized carbons (Fsp3) is 1.00. The van der Waals surface area contributed by atoms with Gasteiger partial charge in [0.1, 0.15) is 0 Å². The Kier molecular flexibility index (Phi) is 2.65. The van der Waals surface area contributed by atoms with Crippen LogP contribution in [0.1, 0.15) is 13.8 Å². The molecule has 0 aromatic heterocycles. The number of likely N-dealkylation sites (tertiary alicyclic amines) is 1. The fourth-order valence-electron chi connectivity index (χ4n) is 1.23. The summed E-state index contributed by atoms with van der Waals surface area (Å²) in [5, 5.41) is 12.2. The Morgan fingerprint density at radius 2 is 2.30 bits per heavy atom. The van der Waals surface area contributed by atoms with E-state index in [9.17, 15) is 0 Å². The van der Waals surface area contributed by atoms with Gasteiger partial charge in [-0.1, -0.05) is 6.92 Å². The number of nitrogens with zero attached hydrogens (tertiary/aromatic N) is 1. The van der Waals surface area contributed by atoms with Gasteiger partial charge in [-0.15, -0.1) is 0 Å². The number of aliphatic hydroxyl groups is 1. The minimum absolute atomic E-state index is 0.0823. The van der Waals surface area contributed by atoms with E-state index in [2.05, 4.69) is 24.1 Å². The van der Waals surface area contributed by atoms with Crippen LogP contribution in [-0.4, -0.2) is 41.9 Å². The molecule has 0 radical (unpaired) electrons. The molecule has 1 atom stereocenters. The molecule has 10 heavy (non-hydrogen) atoms. The van der Waals surface area contributed by atoms with Crippen molar-refractivity contribution >= 4 is 0 Å². The van der Waals surface area contributed by atoms with Crippen LogP contribution < -0.4 is 5.32 Å². The summed E-state index contributed by atoms with van der Waals surface area (Å²) in [6.45, 7) is 6.86. The zero-order valence-corrected chi connectivity index (χ0v) is 6.67. The van der Waals surface area contributed by atoms with Crippen molar-refractivity contribution in [1.82, 2.24) is 10.2 Å². The lowest BCUT2D eigenvalue weighted by Gasteiger charge is -2.40. The van der Waals surface area contributed by atoms with E-state index < -0.39 is 0 Å². The number of aliphatic hydroxyl groups excluding tert-OH is 1. The molecule has 0 amide bonds. The third-order valence-electron chi connectivity index (χ3n) is 1.94. The molecule has 2 N–H and O–H groups in total. The maximum Gasteiger partial charge on any atom is 0.0795 e. The Morgan fingerprint density at radius 3 is 2.70 bits per heavy atom. The van der Waals surface area contributed by atoms with Crippen molar-refractivity contribution in [2.75, 3.05) is 19.6 Å². The first-order valence-electron chi connectivity index (χ1n) is 3.89. The molecule has 0 aromatic carbocycles. The first-order valence-corrected chi connectivity index (χ1v) is 3.89. The van der Waals surface area contributed by atoms with Crippen molar-refractivity contribution in [2.24, 2.45) is 0 Å². The van der Waals surface area contributed by atoms with Crippen LogP contribution in [-0.2, 0) is 0 Å². The number of nitrogens with one attached hydrogen (secondary N) is 1. The van der Waals surface area contributed by atoms with Crippen LogP contribution >= 0.6 is 0 Å². The standard InChI is InChI=1S/C7H16N2O/c1-3-8-6(2)9-4-7(10)5-9/h6-8,10H,3-5H2,1-2H3. The van der Waals surface area contributed by atoms with E-state index >= 15 is 0 Å². The van der Waals surface area contributed by atoms with E-state index in [0.717, 1.165) is 19.6 Å². The van der Waals surface area contributed by atoms with Crippen molar-refractivity contribution in [3.63, 3.8) is 0 Å². The van der Waals surface area contributed by atoms with Crippen molar-refractivity contribution in [1.29, 1.82) is 0 Å². The van der Waals surface area contributed by atoms with E-state index in [4.69, 9.17) is 5.11 Å². The third kappa shape index (κ3) is 1.68. The zero-order valence-electron chi connectivity index (χ0n) is 6.67. The summed E-state index contributed by atoms with van der Waals surface area (Å²) in [5.74, 6) is 0. The first-order chi connectivity index (χ1) is 4.74. The fourth-order valence-corrected chi connectivity index (χ4v) is 1.23. The lowest BCUT2D eigenvalue weighted by Crippen LogP contribution is -2.58. The van der Waals surface area contributed by atoms with E-state index in [-0.39, 0.29) is 6.10 Å². The average Bonchev–Trinajstić information content (AvgIpc) is 1.82. The zero-order chi connectivity index (χ0) is 7.56. The predicted molar refractivity (Wildman–Crippen MR) is 40.7 cm³/mol. The van der Waals surface area contributed by atoms with E-state index in [1.807, 2.05) is 0 Å². The van der Waals surface area contributed by atoms with Gasteiger partial charge in [0.15, 0.2) is 0 Å². The normalized spacial score (nSPS) is 24.3. The molecule has 3 nitrogen and oxygen atoms in total. The summed E-state index contributed by atoms with van der Waals surface area (Å²) in [7, 11) is 0. The van der Waals surface area contributed by atoms with Crippen molar-refractivity contribution in [2.45, 2.75) is 26.1 Å². The van der Waals surface area contributed by atoms with Crippen molar-refractivity contribution in [3.05, 3.63) is 0 Å². The number of rotatable bonds is 3. The minimum atomic E-state index is -0.0823. The Balaban J connectivity index is 2.11. The largest absolute Gasteiger partial charge is 0.390 e. The molecule has 0 aliphatic carbocycles. The lowest BCUT2D eigenvalue weighted by molar-refractivity contribution is -0.0279. The van der Waals surface area contributed by atoms with Crippen molar-refractivity contribution < 1.29 is 5.11 Å². The summed E-state index contributed by atoms with van der Waals surface area (Å²) in [4.78, 5) is 2.22. The third-order valence-corrected chi connectivity index (χ3v) is 1.94.